The fourth-order valence-corrected chi connectivity index (χ4v) is 5.37. The first kappa shape index (κ1) is 48.0. The first-order chi connectivity index (χ1) is 25.5. The zero-order valence-corrected chi connectivity index (χ0v) is 34.9. The van der Waals surface area contributed by atoms with E-state index in [1.165, 1.54) is 11.1 Å². The molecule has 4 aromatic carbocycles. The number of phenols is 4. The van der Waals surface area contributed by atoms with Crippen molar-refractivity contribution in [1.29, 1.82) is 0 Å². The normalized spacial score (nSPS) is 12.1. The molecule has 4 aromatic rings. The van der Waals surface area contributed by atoms with Gasteiger partial charge in [-0.05, 0) is 125 Å². The maximum atomic E-state index is 10.3. The third-order valence-corrected chi connectivity index (χ3v) is 9.50. The van der Waals surface area contributed by atoms with Crippen LogP contribution in [0.2, 0.25) is 0 Å². The molecular weight excluding hydrogens is 693 g/mol. The molecule has 0 aliphatic carbocycles. The molecule has 2 unspecified atom stereocenters. The van der Waals surface area contributed by atoms with Crippen molar-refractivity contribution in [3.8, 4) is 23.0 Å². The van der Waals surface area contributed by atoms with Gasteiger partial charge in [-0.25, -0.2) is 0 Å². The Balaban J connectivity index is 0.000000368. The summed E-state index contributed by atoms with van der Waals surface area (Å²) < 4.78 is 0. The molecular formula is C47H66O8. The van der Waals surface area contributed by atoms with Crippen molar-refractivity contribution in [3.05, 3.63) is 118 Å². The van der Waals surface area contributed by atoms with E-state index >= 15 is 0 Å². The summed E-state index contributed by atoms with van der Waals surface area (Å²) in [6.07, 6.45) is 3.47. The van der Waals surface area contributed by atoms with Crippen LogP contribution in [0.15, 0.2) is 78.9 Å². The molecule has 0 aliphatic heterocycles. The minimum absolute atomic E-state index is 0.00749. The molecule has 0 radical (unpaired) electrons. The Morgan fingerprint density at radius 3 is 1.55 bits per heavy atom. The number of aryl methyl sites for hydroxylation is 3. The van der Waals surface area contributed by atoms with E-state index in [0.29, 0.717) is 36.2 Å². The van der Waals surface area contributed by atoms with Gasteiger partial charge < -0.3 is 30.6 Å². The third kappa shape index (κ3) is 17.8. The van der Waals surface area contributed by atoms with Crippen LogP contribution >= 0.6 is 0 Å². The summed E-state index contributed by atoms with van der Waals surface area (Å²) in [5.41, 5.74) is 7.53. The first-order valence-corrected chi connectivity index (χ1v) is 19.2. The number of carboxylic acid groups (broad SMARTS) is 2. The van der Waals surface area contributed by atoms with E-state index in [2.05, 4.69) is 81.4 Å². The highest BCUT2D eigenvalue weighted by atomic mass is 16.4. The van der Waals surface area contributed by atoms with E-state index in [0.717, 1.165) is 40.7 Å². The van der Waals surface area contributed by atoms with E-state index in [9.17, 15) is 24.9 Å². The van der Waals surface area contributed by atoms with Crippen LogP contribution < -0.4 is 0 Å². The van der Waals surface area contributed by atoms with Crippen LogP contribution in [0, 0.1) is 6.92 Å². The van der Waals surface area contributed by atoms with Crippen LogP contribution in [0.5, 0.6) is 23.0 Å². The van der Waals surface area contributed by atoms with Crippen LogP contribution in [-0.2, 0) is 33.3 Å². The van der Waals surface area contributed by atoms with E-state index in [-0.39, 0.29) is 35.2 Å². The number of aliphatic carboxylic acids is 2. The second kappa shape index (κ2) is 22.4. The largest absolute Gasteiger partial charge is 0.508 e. The summed E-state index contributed by atoms with van der Waals surface area (Å²) in [5, 5.41) is 54.6. The second-order valence-electron chi connectivity index (χ2n) is 16.2. The Labute approximate surface area is 329 Å². The summed E-state index contributed by atoms with van der Waals surface area (Å²) in [7, 11) is 0. The van der Waals surface area contributed by atoms with Crippen molar-refractivity contribution in [2.45, 2.75) is 137 Å². The molecule has 4 rings (SSSR count). The molecule has 0 heterocycles. The SMILES string of the molecule is CCC(C)c1cc(C(C)(C)C)ccc1O.CCC(C)c1ccc(O)c(C(C)(C)C)c1.Cc1cc(CCC(=O)O)ccc1O.O=C(O)CCc1ccc(O)cc1. The molecule has 0 saturated carbocycles. The monoisotopic (exact) mass is 758 g/mol. The van der Waals surface area contributed by atoms with Crippen molar-refractivity contribution in [2.75, 3.05) is 0 Å². The van der Waals surface area contributed by atoms with Crippen molar-refractivity contribution < 1.29 is 40.2 Å². The standard InChI is InChI=1S/2C14H22O.C10H12O3.C9H10O3/c1-6-10(2)12-9-11(14(3,4)5)7-8-13(12)15;1-6-10(2)11-7-8-13(15)12(9-11)14(3,4)5;1-7-6-8(2-4-9(7)11)3-5-10(12)13;10-8-4-1-7(2-5-8)3-6-9(11)12/h2*7-10,15H,6H2,1-5H3;2,4,6,11H,3,5H2,1H3,(H,12,13);1-2,4-5,10H,3,6H2,(H,11,12). The fourth-order valence-electron chi connectivity index (χ4n) is 5.37. The number of hydrogen-bond donors (Lipinski definition) is 6. The van der Waals surface area contributed by atoms with Gasteiger partial charge in [0.15, 0.2) is 0 Å². The molecule has 0 saturated heterocycles. The van der Waals surface area contributed by atoms with Crippen molar-refractivity contribution in [1.82, 2.24) is 0 Å². The molecule has 0 aromatic heterocycles. The lowest BCUT2D eigenvalue weighted by Gasteiger charge is -2.22. The van der Waals surface area contributed by atoms with Gasteiger partial charge in [-0.2, -0.15) is 0 Å². The maximum Gasteiger partial charge on any atom is 0.303 e. The van der Waals surface area contributed by atoms with Gasteiger partial charge in [0.2, 0.25) is 0 Å². The van der Waals surface area contributed by atoms with E-state index in [1.807, 2.05) is 24.3 Å². The molecule has 8 heteroatoms. The molecule has 8 nitrogen and oxygen atoms in total. The minimum Gasteiger partial charge on any atom is -0.508 e. The topological polar surface area (TPSA) is 156 Å². The van der Waals surface area contributed by atoms with Gasteiger partial charge in [0.1, 0.15) is 23.0 Å². The Morgan fingerprint density at radius 2 is 1.07 bits per heavy atom. The number of hydrogen-bond acceptors (Lipinski definition) is 6. The summed E-state index contributed by atoms with van der Waals surface area (Å²) in [4.78, 5) is 20.5. The Morgan fingerprint density at radius 1 is 0.582 bits per heavy atom. The van der Waals surface area contributed by atoms with Crippen LogP contribution in [0.3, 0.4) is 0 Å². The van der Waals surface area contributed by atoms with Crippen LogP contribution in [0.25, 0.3) is 0 Å². The number of aromatic hydroxyl groups is 4. The molecule has 0 aliphatic rings. The van der Waals surface area contributed by atoms with Crippen LogP contribution in [0.4, 0.5) is 0 Å². The smallest absolute Gasteiger partial charge is 0.303 e. The first-order valence-electron chi connectivity index (χ1n) is 19.2. The zero-order chi connectivity index (χ0) is 42.1. The molecule has 2 atom stereocenters. The number of carbonyl (C=O) groups is 2. The Kier molecular flexibility index (Phi) is 19.6. The van der Waals surface area contributed by atoms with E-state index in [4.69, 9.17) is 15.3 Å². The van der Waals surface area contributed by atoms with Gasteiger partial charge in [0.25, 0.3) is 0 Å². The summed E-state index contributed by atoms with van der Waals surface area (Å²) in [5.74, 6) is 0.674. The quantitative estimate of drug-likeness (QED) is 0.0933. The highest BCUT2D eigenvalue weighted by Crippen LogP contribution is 2.34. The van der Waals surface area contributed by atoms with Crippen molar-refractivity contribution in [3.63, 3.8) is 0 Å². The second-order valence-corrected chi connectivity index (χ2v) is 16.2. The molecule has 6 N–H and O–H groups in total. The lowest BCUT2D eigenvalue weighted by molar-refractivity contribution is -0.138. The lowest BCUT2D eigenvalue weighted by Crippen LogP contribution is -2.12. The number of phenolic OH excluding ortho intramolecular Hbond substituents is 4. The highest BCUT2D eigenvalue weighted by molar-refractivity contribution is 5.67. The molecule has 302 valence electrons. The summed E-state index contributed by atoms with van der Waals surface area (Å²) in [6.45, 7) is 23.5. The zero-order valence-electron chi connectivity index (χ0n) is 34.9. The molecule has 0 bridgehead atoms. The number of benzene rings is 4. The van der Waals surface area contributed by atoms with Crippen LogP contribution in [0.1, 0.15) is 146 Å². The predicted octanol–water partition coefficient (Wildman–Crippen LogP) is 11.5. The van der Waals surface area contributed by atoms with Gasteiger partial charge in [-0.3, -0.25) is 9.59 Å². The van der Waals surface area contributed by atoms with Crippen LogP contribution in [-0.4, -0.2) is 42.6 Å². The lowest BCUT2D eigenvalue weighted by atomic mass is 9.83. The number of rotatable bonds is 10. The van der Waals surface area contributed by atoms with Crippen molar-refractivity contribution in [2.24, 2.45) is 0 Å². The molecule has 55 heavy (non-hydrogen) atoms. The Bertz CT molecular complexity index is 1780. The molecule has 0 spiro atoms. The van der Waals surface area contributed by atoms with Gasteiger partial charge in [-0.15, -0.1) is 0 Å². The Hall–Kier alpha value is -4.98. The highest BCUT2D eigenvalue weighted by Gasteiger charge is 2.19. The fraction of sp³-hybridized carbons (Fsp3) is 0.447. The van der Waals surface area contributed by atoms with Gasteiger partial charge in [-0.1, -0.05) is 118 Å². The third-order valence-electron chi connectivity index (χ3n) is 9.50. The van der Waals surface area contributed by atoms with E-state index in [1.54, 1.807) is 49.4 Å². The maximum absolute atomic E-state index is 10.3. The number of carboxylic acids is 2. The van der Waals surface area contributed by atoms with Gasteiger partial charge >= 0.3 is 11.9 Å². The average Bonchev–Trinajstić information content (AvgIpc) is 3.11. The van der Waals surface area contributed by atoms with Gasteiger partial charge in [0, 0.05) is 12.8 Å². The van der Waals surface area contributed by atoms with Crippen molar-refractivity contribution >= 4 is 11.9 Å². The minimum atomic E-state index is -0.803. The molecule has 0 amide bonds. The predicted molar refractivity (Wildman–Crippen MR) is 224 cm³/mol. The van der Waals surface area contributed by atoms with Gasteiger partial charge in [0.05, 0.1) is 0 Å². The summed E-state index contributed by atoms with van der Waals surface area (Å²) in [6, 6.07) is 23.7. The average molecular weight is 759 g/mol. The van der Waals surface area contributed by atoms with E-state index < -0.39 is 11.9 Å². The molecule has 0 fully saturated rings. The summed E-state index contributed by atoms with van der Waals surface area (Å²) >= 11 is 0.